The van der Waals surface area contributed by atoms with Crippen molar-refractivity contribution in [1.82, 2.24) is 4.98 Å². The number of hydrogen-bond acceptors (Lipinski definition) is 5. The monoisotopic (exact) mass is 314 g/mol. The molecule has 1 rings (SSSR count). The Balaban J connectivity index is 3.40. The first kappa shape index (κ1) is 17.1. The summed E-state index contributed by atoms with van der Waals surface area (Å²) in [5.41, 5.74) is 3.24. The van der Waals surface area contributed by atoms with Gasteiger partial charge in [-0.25, -0.2) is 18.6 Å². The van der Waals surface area contributed by atoms with Gasteiger partial charge in [-0.1, -0.05) is 0 Å². The number of nitrogens with two attached hydrogens (primary N) is 1. The van der Waals surface area contributed by atoms with Crippen LogP contribution in [-0.4, -0.2) is 23.9 Å². The number of nitrogens with zero attached hydrogens (tertiary/aromatic N) is 1. The molecule has 0 amide bonds. The Bertz CT molecular complexity index is 519. The third-order valence-electron chi connectivity index (χ3n) is 2.23. The molecular weight excluding hydrogens is 303 g/mol. The van der Waals surface area contributed by atoms with E-state index in [0.717, 1.165) is 6.07 Å². The lowest BCUT2D eigenvalue weighted by Gasteiger charge is -2.15. The fourth-order valence-corrected chi connectivity index (χ4v) is 1.45. The van der Waals surface area contributed by atoms with Gasteiger partial charge in [-0.3, -0.25) is 0 Å². The molecule has 0 aromatic carbocycles. The minimum absolute atomic E-state index is 0.126. The molecule has 10 heteroatoms. The minimum atomic E-state index is -5.20. The van der Waals surface area contributed by atoms with Crippen molar-refractivity contribution in [2.24, 2.45) is 5.73 Å². The van der Waals surface area contributed by atoms with Gasteiger partial charge in [-0.15, -0.1) is 13.2 Å². The van der Waals surface area contributed by atoms with Gasteiger partial charge in [0.25, 0.3) is 6.43 Å². The van der Waals surface area contributed by atoms with Gasteiger partial charge in [0.15, 0.2) is 0 Å². The van der Waals surface area contributed by atoms with Crippen molar-refractivity contribution in [2.45, 2.75) is 26.3 Å². The van der Waals surface area contributed by atoms with Crippen LogP contribution in [0, 0.1) is 0 Å². The highest BCUT2D eigenvalue weighted by Crippen LogP contribution is 2.30. The number of carbonyl (C=O) groups is 1. The molecule has 1 aromatic rings. The van der Waals surface area contributed by atoms with E-state index in [1.807, 2.05) is 0 Å². The maximum absolute atomic E-state index is 12.7. The third kappa shape index (κ3) is 4.52. The molecule has 0 saturated heterocycles. The molecule has 0 saturated carbocycles. The van der Waals surface area contributed by atoms with Crippen LogP contribution in [0.25, 0.3) is 0 Å². The molecule has 0 aliphatic rings. The number of ether oxygens (including phenoxy) is 2. The summed E-state index contributed by atoms with van der Waals surface area (Å²) < 4.78 is 70.3. The summed E-state index contributed by atoms with van der Waals surface area (Å²) >= 11 is 0. The number of hydrogen-bond donors (Lipinski definition) is 1. The van der Waals surface area contributed by atoms with Crippen molar-refractivity contribution in [2.75, 3.05) is 6.61 Å². The maximum atomic E-state index is 12.7. The minimum Gasteiger partial charge on any atom is -0.462 e. The fraction of sp³-hybridized carbons (Fsp3) is 0.455. The smallest absolute Gasteiger partial charge is 0.462 e. The zero-order valence-corrected chi connectivity index (χ0v) is 10.7. The largest absolute Gasteiger partial charge is 0.574 e. The molecule has 0 bridgehead atoms. The average Bonchev–Trinajstić information content (AvgIpc) is 2.36. The lowest BCUT2D eigenvalue weighted by molar-refractivity contribution is -0.276. The van der Waals surface area contributed by atoms with Gasteiger partial charge in [0.05, 0.1) is 6.61 Å². The van der Waals surface area contributed by atoms with Gasteiger partial charge < -0.3 is 15.2 Å². The van der Waals surface area contributed by atoms with E-state index in [2.05, 4.69) is 14.5 Å². The van der Waals surface area contributed by atoms with Crippen LogP contribution in [0.4, 0.5) is 22.0 Å². The molecule has 0 unspecified atom stereocenters. The number of halogens is 5. The Hall–Kier alpha value is -1.97. The number of carbonyl (C=O) groups excluding carboxylic acids is 1. The van der Waals surface area contributed by atoms with Crippen molar-refractivity contribution in [1.29, 1.82) is 0 Å². The zero-order chi connectivity index (χ0) is 16.2. The predicted molar refractivity (Wildman–Crippen MR) is 59.7 cm³/mol. The van der Waals surface area contributed by atoms with Crippen molar-refractivity contribution < 1.29 is 36.2 Å². The second-order valence-corrected chi connectivity index (χ2v) is 3.66. The van der Waals surface area contributed by atoms with Gasteiger partial charge >= 0.3 is 12.3 Å². The number of pyridine rings is 1. The van der Waals surface area contributed by atoms with Crippen molar-refractivity contribution in [3.8, 4) is 5.88 Å². The Labute approximate surface area is 115 Å². The summed E-state index contributed by atoms with van der Waals surface area (Å²) in [4.78, 5) is 14.6. The topological polar surface area (TPSA) is 74.4 Å². The SMILES string of the molecule is CCOC(=O)c1cc(CN)c(C(F)F)nc1OC(F)(F)F. The first-order valence-electron chi connectivity index (χ1n) is 5.64. The Morgan fingerprint density at radius 2 is 2.05 bits per heavy atom. The van der Waals surface area contributed by atoms with Gasteiger partial charge in [0, 0.05) is 6.54 Å². The molecule has 0 aliphatic carbocycles. The van der Waals surface area contributed by atoms with Crippen LogP contribution >= 0.6 is 0 Å². The third-order valence-corrected chi connectivity index (χ3v) is 2.23. The maximum Gasteiger partial charge on any atom is 0.574 e. The number of aromatic nitrogens is 1. The second-order valence-electron chi connectivity index (χ2n) is 3.66. The van der Waals surface area contributed by atoms with E-state index in [1.165, 1.54) is 6.92 Å². The van der Waals surface area contributed by atoms with Crippen LogP contribution in [0.15, 0.2) is 6.07 Å². The molecule has 0 radical (unpaired) electrons. The quantitative estimate of drug-likeness (QED) is 0.668. The molecule has 21 heavy (non-hydrogen) atoms. The summed E-state index contributed by atoms with van der Waals surface area (Å²) in [5, 5.41) is 0. The first-order valence-corrected chi connectivity index (χ1v) is 5.64. The molecule has 2 N–H and O–H groups in total. The van der Waals surface area contributed by atoms with Gasteiger partial charge in [0.2, 0.25) is 5.88 Å². The summed E-state index contributed by atoms with van der Waals surface area (Å²) in [5.74, 6) is -2.48. The van der Waals surface area contributed by atoms with Gasteiger partial charge in [-0.2, -0.15) is 0 Å². The summed E-state index contributed by atoms with van der Waals surface area (Å²) in [6.45, 7) is 0.858. The lowest BCUT2D eigenvalue weighted by Crippen LogP contribution is -2.22. The van der Waals surface area contributed by atoms with Crippen LogP contribution in [0.3, 0.4) is 0 Å². The number of esters is 1. The normalized spacial score (nSPS) is 11.6. The zero-order valence-electron chi connectivity index (χ0n) is 10.7. The summed E-state index contributed by atoms with van der Waals surface area (Å²) in [7, 11) is 0. The van der Waals surface area contributed by atoms with E-state index < -0.39 is 42.4 Å². The van der Waals surface area contributed by atoms with E-state index in [-0.39, 0.29) is 12.2 Å². The van der Waals surface area contributed by atoms with Crippen molar-refractivity contribution in [3.63, 3.8) is 0 Å². The molecule has 0 fully saturated rings. The molecular formula is C11H11F5N2O3. The molecule has 0 atom stereocenters. The second kappa shape index (κ2) is 6.66. The van der Waals surface area contributed by atoms with Crippen LogP contribution in [0.2, 0.25) is 0 Å². The van der Waals surface area contributed by atoms with Gasteiger partial charge in [0.1, 0.15) is 11.3 Å². The molecule has 1 heterocycles. The average molecular weight is 314 g/mol. The summed E-state index contributed by atoms with van der Waals surface area (Å²) in [6.07, 6.45) is -8.37. The fourth-order valence-electron chi connectivity index (χ4n) is 1.45. The van der Waals surface area contributed by atoms with Crippen LogP contribution < -0.4 is 10.5 Å². The van der Waals surface area contributed by atoms with E-state index in [0.29, 0.717) is 0 Å². The van der Waals surface area contributed by atoms with E-state index >= 15 is 0 Å². The predicted octanol–water partition coefficient (Wildman–Crippen LogP) is 2.55. The highest BCUT2D eigenvalue weighted by molar-refractivity contribution is 5.92. The van der Waals surface area contributed by atoms with Crippen LogP contribution in [0.1, 0.15) is 35.0 Å². The Kier molecular flexibility index (Phi) is 5.41. The Morgan fingerprint density at radius 1 is 1.43 bits per heavy atom. The van der Waals surface area contributed by atoms with Crippen LogP contribution in [-0.2, 0) is 11.3 Å². The Morgan fingerprint density at radius 3 is 2.48 bits per heavy atom. The highest BCUT2D eigenvalue weighted by Gasteiger charge is 2.35. The lowest BCUT2D eigenvalue weighted by atomic mass is 10.1. The molecule has 1 aromatic heterocycles. The highest BCUT2D eigenvalue weighted by atomic mass is 19.4. The molecule has 0 aliphatic heterocycles. The van der Waals surface area contributed by atoms with Crippen molar-refractivity contribution in [3.05, 3.63) is 22.9 Å². The van der Waals surface area contributed by atoms with Gasteiger partial charge in [-0.05, 0) is 18.6 Å². The number of rotatable bonds is 5. The van der Waals surface area contributed by atoms with E-state index in [4.69, 9.17) is 5.73 Å². The van der Waals surface area contributed by atoms with E-state index in [1.54, 1.807) is 0 Å². The van der Waals surface area contributed by atoms with Crippen molar-refractivity contribution >= 4 is 5.97 Å². The number of alkyl halides is 5. The van der Waals surface area contributed by atoms with E-state index in [9.17, 15) is 26.7 Å². The molecule has 118 valence electrons. The molecule has 5 nitrogen and oxygen atoms in total. The molecule has 0 spiro atoms. The summed E-state index contributed by atoms with van der Waals surface area (Å²) in [6, 6.07) is 0.757. The standard InChI is InChI=1S/C11H11F5N2O3/c1-2-20-10(19)6-3-5(4-17)7(8(12)13)18-9(6)21-11(14,15)16/h3,8H,2,4,17H2,1H3. The van der Waals surface area contributed by atoms with Crippen LogP contribution in [0.5, 0.6) is 5.88 Å². The first-order chi connectivity index (χ1) is 9.69.